The number of carbonyl (C=O) groups is 2. The maximum absolute atomic E-state index is 12.8. The van der Waals surface area contributed by atoms with E-state index in [1.807, 2.05) is 0 Å². The van der Waals surface area contributed by atoms with Gasteiger partial charge in [0, 0.05) is 18.8 Å². The molecule has 1 aliphatic rings. The molecular weight excluding hydrogens is 286 g/mol. The first-order valence-electron chi connectivity index (χ1n) is 7.23. The van der Waals surface area contributed by atoms with Crippen molar-refractivity contribution in [2.75, 3.05) is 13.1 Å². The van der Waals surface area contributed by atoms with Crippen LogP contribution in [-0.2, 0) is 4.79 Å². The predicted molar refractivity (Wildman–Crippen MR) is 77.5 cm³/mol. The molecule has 0 bridgehead atoms. The lowest BCUT2D eigenvalue weighted by Crippen LogP contribution is -2.42. The quantitative estimate of drug-likeness (QED) is 0.908. The summed E-state index contributed by atoms with van der Waals surface area (Å²) in [7, 11) is 0. The summed E-state index contributed by atoms with van der Waals surface area (Å²) in [6, 6.07) is 1.71. The second-order valence-electron chi connectivity index (χ2n) is 5.69. The van der Waals surface area contributed by atoms with Crippen LogP contribution in [0.3, 0.4) is 0 Å². The number of carbonyl (C=O) groups excluding carboxylic acids is 1. The van der Waals surface area contributed by atoms with Crippen LogP contribution in [0, 0.1) is 19.8 Å². The molecule has 2 aromatic heterocycles. The zero-order chi connectivity index (χ0) is 15.9. The Morgan fingerprint density at radius 2 is 2.18 bits per heavy atom. The Morgan fingerprint density at radius 3 is 2.91 bits per heavy atom. The van der Waals surface area contributed by atoms with Crippen LogP contribution in [-0.4, -0.2) is 45.1 Å². The number of carboxylic acids is 1. The third kappa shape index (κ3) is 2.43. The highest BCUT2D eigenvalue weighted by Gasteiger charge is 2.30. The lowest BCUT2D eigenvalue weighted by molar-refractivity contribution is -0.143. The average molecular weight is 303 g/mol. The lowest BCUT2D eigenvalue weighted by Gasteiger charge is -2.30. The number of rotatable bonds is 2. The van der Waals surface area contributed by atoms with Crippen LogP contribution in [0.4, 0.5) is 0 Å². The molecule has 1 fully saturated rings. The third-order valence-electron chi connectivity index (χ3n) is 4.03. The number of nitrogens with zero attached hydrogens (tertiary/aromatic N) is 3. The second kappa shape index (κ2) is 5.40. The van der Waals surface area contributed by atoms with Crippen molar-refractivity contribution in [2.45, 2.75) is 26.7 Å². The van der Waals surface area contributed by atoms with E-state index in [0.29, 0.717) is 47.4 Å². The van der Waals surface area contributed by atoms with Crippen molar-refractivity contribution in [3.63, 3.8) is 0 Å². The number of aryl methyl sites for hydroxylation is 2. The summed E-state index contributed by atoms with van der Waals surface area (Å²) in [6.07, 6.45) is 1.30. The number of pyridine rings is 1. The number of likely N-dealkylation sites (tertiary alicyclic amines) is 1. The highest BCUT2D eigenvalue weighted by molar-refractivity contribution is 6.06. The van der Waals surface area contributed by atoms with Gasteiger partial charge in [0.25, 0.3) is 11.6 Å². The van der Waals surface area contributed by atoms with E-state index in [-0.39, 0.29) is 12.5 Å². The van der Waals surface area contributed by atoms with E-state index in [4.69, 9.17) is 9.63 Å². The molecule has 0 saturated carbocycles. The summed E-state index contributed by atoms with van der Waals surface area (Å²) in [5.41, 5.74) is 2.09. The molecule has 1 atom stereocenters. The Bertz CT molecular complexity index is 753. The second-order valence-corrected chi connectivity index (χ2v) is 5.69. The Labute approximate surface area is 126 Å². The topological polar surface area (TPSA) is 96.5 Å². The summed E-state index contributed by atoms with van der Waals surface area (Å²) in [6.45, 7) is 4.34. The van der Waals surface area contributed by atoms with Gasteiger partial charge in [-0.1, -0.05) is 5.16 Å². The molecule has 3 heterocycles. The van der Waals surface area contributed by atoms with Gasteiger partial charge in [0.15, 0.2) is 0 Å². The molecule has 1 aliphatic heterocycles. The molecule has 0 spiro atoms. The number of fused-ring (bicyclic) bond motifs is 1. The number of aliphatic carboxylic acids is 1. The molecule has 7 heteroatoms. The molecule has 7 nitrogen and oxygen atoms in total. The summed E-state index contributed by atoms with van der Waals surface area (Å²) < 4.78 is 5.14. The molecule has 116 valence electrons. The van der Waals surface area contributed by atoms with Crippen LogP contribution < -0.4 is 0 Å². The molecule has 1 saturated heterocycles. The van der Waals surface area contributed by atoms with Crippen molar-refractivity contribution in [3.05, 3.63) is 23.0 Å². The largest absolute Gasteiger partial charge is 0.481 e. The molecule has 3 rings (SSSR count). The van der Waals surface area contributed by atoms with Gasteiger partial charge in [0.2, 0.25) is 0 Å². The minimum absolute atomic E-state index is 0.187. The number of amides is 1. The monoisotopic (exact) mass is 303 g/mol. The minimum atomic E-state index is -0.852. The predicted octanol–water partition coefficient (Wildman–Crippen LogP) is 1.78. The SMILES string of the molecule is Cc1cc(C(=O)N2CCCC(C(=O)O)C2)c2c(C)noc2n1. The van der Waals surface area contributed by atoms with E-state index < -0.39 is 11.9 Å². The number of hydrogen-bond donors (Lipinski definition) is 1. The first-order valence-corrected chi connectivity index (χ1v) is 7.23. The van der Waals surface area contributed by atoms with Crippen LogP contribution in [0.1, 0.15) is 34.6 Å². The molecule has 22 heavy (non-hydrogen) atoms. The lowest BCUT2D eigenvalue weighted by atomic mass is 9.97. The molecule has 0 radical (unpaired) electrons. The van der Waals surface area contributed by atoms with Crippen molar-refractivity contribution in [3.8, 4) is 0 Å². The standard InChI is InChI=1S/C15H17N3O4/c1-8-6-11(12-9(2)17-22-13(12)16-8)14(19)18-5-3-4-10(7-18)15(20)21/h6,10H,3-5,7H2,1-2H3,(H,20,21). The van der Waals surface area contributed by atoms with Crippen LogP contribution >= 0.6 is 0 Å². The van der Waals surface area contributed by atoms with Gasteiger partial charge in [-0.25, -0.2) is 4.98 Å². The fourth-order valence-corrected chi connectivity index (χ4v) is 2.92. The van der Waals surface area contributed by atoms with Crippen LogP contribution in [0.25, 0.3) is 11.1 Å². The number of hydrogen-bond acceptors (Lipinski definition) is 5. The van der Waals surface area contributed by atoms with Crippen molar-refractivity contribution >= 4 is 23.0 Å². The highest BCUT2D eigenvalue weighted by atomic mass is 16.5. The number of carboxylic acid groups (broad SMARTS) is 1. The van der Waals surface area contributed by atoms with E-state index in [2.05, 4.69) is 10.1 Å². The van der Waals surface area contributed by atoms with Gasteiger partial charge in [-0.3, -0.25) is 9.59 Å². The summed E-state index contributed by atoms with van der Waals surface area (Å²) in [5, 5.41) is 13.6. The van der Waals surface area contributed by atoms with Crippen molar-refractivity contribution in [1.82, 2.24) is 15.0 Å². The normalized spacial score (nSPS) is 18.6. The Hall–Kier alpha value is -2.44. The van der Waals surface area contributed by atoms with Crippen molar-refractivity contribution < 1.29 is 19.2 Å². The van der Waals surface area contributed by atoms with Gasteiger partial charge >= 0.3 is 5.97 Å². The molecule has 0 aromatic carbocycles. The van der Waals surface area contributed by atoms with E-state index in [9.17, 15) is 9.59 Å². The fourth-order valence-electron chi connectivity index (χ4n) is 2.92. The van der Waals surface area contributed by atoms with Gasteiger partial charge in [0.05, 0.1) is 22.6 Å². The minimum Gasteiger partial charge on any atom is -0.481 e. The van der Waals surface area contributed by atoms with Crippen molar-refractivity contribution in [2.24, 2.45) is 5.92 Å². The Kier molecular flexibility index (Phi) is 3.56. The van der Waals surface area contributed by atoms with E-state index >= 15 is 0 Å². The summed E-state index contributed by atoms with van der Waals surface area (Å²) in [4.78, 5) is 29.8. The van der Waals surface area contributed by atoms with Gasteiger partial charge in [-0.05, 0) is 32.8 Å². The molecule has 1 amide bonds. The van der Waals surface area contributed by atoms with E-state index in [0.717, 1.165) is 0 Å². The van der Waals surface area contributed by atoms with Crippen LogP contribution in [0.15, 0.2) is 10.6 Å². The maximum atomic E-state index is 12.8. The number of piperidine rings is 1. The summed E-state index contributed by atoms with van der Waals surface area (Å²) >= 11 is 0. The van der Waals surface area contributed by atoms with Gasteiger partial charge in [-0.2, -0.15) is 0 Å². The average Bonchev–Trinajstić information content (AvgIpc) is 2.87. The molecule has 0 aliphatic carbocycles. The Morgan fingerprint density at radius 1 is 1.41 bits per heavy atom. The zero-order valence-electron chi connectivity index (χ0n) is 12.5. The summed E-state index contributed by atoms with van der Waals surface area (Å²) in [5.74, 6) is -1.54. The van der Waals surface area contributed by atoms with Gasteiger partial charge in [0.1, 0.15) is 0 Å². The Balaban J connectivity index is 1.98. The smallest absolute Gasteiger partial charge is 0.308 e. The maximum Gasteiger partial charge on any atom is 0.308 e. The first-order chi connectivity index (χ1) is 10.5. The molecule has 1 unspecified atom stereocenters. The van der Waals surface area contributed by atoms with Gasteiger partial charge in [-0.15, -0.1) is 0 Å². The van der Waals surface area contributed by atoms with Crippen LogP contribution in [0.5, 0.6) is 0 Å². The first kappa shape index (κ1) is 14.5. The highest BCUT2D eigenvalue weighted by Crippen LogP contribution is 2.25. The van der Waals surface area contributed by atoms with Gasteiger partial charge < -0.3 is 14.5 Å². The number of aromatic nitrogens is 2. The van der Waals surface area contributed by atoms with E-state index in [1.54, 1.807) is 24.8 Å². The zero-order valence-corrected chi connectivity index (χ0v) is 12.5. The molecular formula is C15H17N3O4. The van der Waals surface area contributed by atoms with Crippen molar-refractivity contribution in [1.29, 1.82) is 0 Å². The molecule has 1 N–H and O–H groups in total. The molecule has 2 aromatic rings. The van der Waals surface area contributed by atoms with Crippen LogP contribution in [0.2, 0.25) is 0 Å². The fraction of sp³-hybridized carbons (Fsp3) is 0.467. The van der Waals surface area contributed by atoms with E-state index in [1.165, 1.54) is 0 Å². The third-order valence-corrected chi connectivity index (χ3v) is 4.03.